The fourth-order valence-electron chi connectivity index (χ4n) is 1.63. The molecule has 0 saturated heterocycles. The van der Waals surface area contributed by atoms with Gasteiger partial charge in [-0.25, -0.2) is 0 Å². The van der Waals surface area contributed by atoms with Gasteiger partial charge in [0.05, 0.1) is 11.4 Å². The average molecular weight is 325 g/mol. The molecule has 0 unspecified atom stereocenters. The third kappa shape index (κ3) is 3.98. The number of hydrogen-bond acceptors (Lipinski definition) is 6. The molecule has 1 aromatic rings. The van der Waals surface area contributed by atoms with Crippen molar-refractivity contribution >= 4 is 20.2 Å². The van der Waals surface area contributed by atoms with Crippen molar-refractivity contribution in [3.63, 3.8) is 0 Å². The molecule has 10 heteroatoms. The van der Waals surface area contributed by atoms with Crippen LogP contribution in [-0.4, -0.2) is 42.8 Å². The predicted molar refractivity (Wildman–Crippen MR) is 68.7 cm³/mol. The fourth-order valence-corrected chi connectivity index (χ4v) is 3.11. The first kappa shape index (κ1) is 17.0. The Morgan fingerprint density at radius 1 is 1.10 bits per heavy atom. The van der Waals surface area contributed by atoms with Crippen LogP contribution in [0.15, 0.2) is 21.9 Å². The molecule has 0 aliphatic rings. The Hall–Kier alpha value is -1.04. The van der Waals surface area contributed by atoms with Crippen LogP contribution in [0.4, 0.5) is 0 Å². The lowest BCUT2D eigenvalue weighted by Gasteiger charge is -2.17. The van der Waals surface area contributed by atoms with Gasteiger partial charge in [-0.3, -0.25) is 9.11 Å². The van der Waals surface area contributed by atoms with Gasteiger partial charge in [-0.05, 0) is 30.2 Å². The molecule has 114 valence electrons. The van der Waals surface area contributed by atoms with Gasteiger partial charge in [0.15, 0.2) is 0 Å². The van der Waals surface area contributed by atoms with Gasteiger partial charge in [0.2, 0.25) is 0 Å². The van der Waals surface area contributed by atoms with E-state index in [1.807, 2.05) is 0 Å². The highest BCUT2D eigenvalue weighted by Gasteiger charge is 2.23. The summed E-state index contributed by atoms with van der Waals surface area (Å²) in [6.07, 6.45) is 0. The lowest BCUT2D eigenvalue weighted by molar-refractivity contribution is -0.0953. The lowest BCUT2D eigenvalue weighted by Crippen LogP contribution is -2.20. The molecule has 0 bridgehead atoms. The van der Waals surface area contributed by atoms with Gasteiger partial charge < -0.3 is 5.21 Å². The molecular formula is C10H15NO7S2. The second-order valence-corrected chi connectivity index (χ2v) is 6.96. The van der Waals surface area contributed by atoms with E-state index in [1.54, 1.807) is 6.92 Å². The molecule has 8 nitrogen and oxygen atoms in total. The first-order chi connectivity index (χ1) is 8.96. The maximum absolute atomic E-state index is 11.3. The number of hydrogen-bond donors (Lipinski definition) is 3. The van der Waals surface area contributed by atoms with Crippen molar-refractivity contribution in [1.29, 1.82) is 0 Å². The van der Waals surface area contributed by atoms with E-state index in [9.17, 15) is 22.0 Å². The highest BCUT2D eigenvalue weighted by Crippen LogP contribution is 2.25. The van der Waals surface area contributed by atoms with E-state index in [0.717, 1.165) is 11.1 Å². The Labute approximate surface area is 117 Å². The topological polar surface area (TPSA) is 132 Å². The van der Waals surface area contributed by atoms with Crippen LogP contribution < -0.4 is 0 Å². The highest BCUT2D eigenvalue weighted by atomic mass is 32.2. The second-order valence-electron chi connectivity index (χ2n) is 4.15. The first-order valence-electron chi connectivity index (χ1n) is 5.49. The predicted octanol–water partition coefficient (Wildman–Crippen LogP) is 0.700. The number of rotatable bonds is 5. The van der Waals surface area contributed by atoms with Crippen molar-refractivity contribution < 1.29 is 31.1 Å². The maximum Gasteiger partial charge on any atom is 0.294 e. The van der Waals surface area contributed by atoms with Crippen LogP contribution in [0.5, 0.6) is 0 Å². The second kappa shape index (κ2) is 5.76. The van der Waals surface area contributed by atoms with Crippen LogP contribution in [-0.2, 0) is 26.8 Å². The Bertz CT molecular complexity index is 709. The smallest absolute Gasteiger partial charge is 0.294 e. The summed E-state index contributed by atoms with van der Waals surface area (Å²) in [6.45, 7) is 3.00. The molecule has 0 atom stereocenters. The van der Waals surface area contributed by atoms with Crippen LogP contribution in [0.1, 0.15) is 18.1 Å². The summed E-state index contributed by atoms with van der Waals surface area (Å²) >= 11 is 0. The van der Waals surface area contributed by atoms with Crippen molar-refractivity contribution in [3.05, 3.63) is 23.3 Å². The average Bonchev–Trinajstić information content (AvgIpc) is 2.28. The SMILES string of the molecule is CCN(O)Cc1c(C)cc(S(=O)(=O)O)cc1S(=O)(=O)O. The summed E-state index contributed by atoms with van der Waals surface area (Å²) in [4.78, 5) is -1.31. The van der Waals surface area contributed by atoms with Gasteiger partial charge in [0, 0.05) is 6.54 Å². The van der Waals surface area contributed by atoms with E-state index < -0.39 is 30.0 Å². The quantitative estimate of drug-likeness (QED) is 0.532. The summed E-state index contributed by atoms with van der Waals surface area (Å²) in [7, 11) is -9.32. The zero-order valence-corrected chi connectivity index (χ0v) is 12.4. The third-order valence-corrected chi connectivity index (χ3v) is 4.44. The summed E-state index contributed by atoms with van der Waals surface area (Å²) in [5.41, 5.74) is 0.240. The van der Waals surface area contributed by atoms with E-state index in [4.69, 9.17) is 9.11 Å². The van der Waals surface area contributed by atoms with E-state index in [1.165, 1.54) is 6.92 Å². The monoisotopic (exact) mass is 325 g/mol. The van der Waals surface area contributed by atoms with Crippen LogP contribution in [0.2, 0.25) is 0 Å². The van der Waals surface area contributed by atoms with Crippen LogP contribution in [0, 0.1) is 6.92 Å². The minimum absolute atomic E-state index is 0.0456. The molecule has 0 aliphatic heterocycles. The van der Waals surface area contributed by atoms with Gasteiger partial charge in [0.1, 0.15) is 4.90 Å². The molecule has 0 spiro atoms. The molecule has 0 heterocycles. The Morgan fingerprint density at radius 2 is 1.65 bits per heavy atom. The van der Waals surface area contributed by atoms with Crippen molar-refractivity contribution in [1.82, 2.24) is 5.06 Å². The molecule has 0 fully saturated rings. The minimum Gasteiger partial charge on any atom is -0.314 e. The molecule has 0 amide bonds. The largest absolute Gasteiger partial charge is 0.314 e. The normalized spacial score (nSPS) is 12.9. The fraction of sp³-hybridized carbons (Fsp3) is 0.400. The number of benzene rings is 1. The number of nitrogens with zero attached hydrogens (tertiary/aromatic N) is 1. The zero-order chi connectivity index (χ0) is 15.7. The molecule has 0 radical (unpaired) electrons. The van der Waals surface area contributed by atoms with E-state index in [2.05, 4.69) is 0 Å². The third-order valence-electron chi connectivity index (χ3n) is 2.69. The highest BCUT2D eigenvalue weighted by molar-refractivity contribution is 7.86. The molecule has 3 N–H and O–H groups in total. The molecule has 0 aliphatic carbocycles. The van der Waals surface area contributed by atoms with Crippen LogP contribution in [0.25, 0.3) is 0 Å². The summed E-state index contributed by atoms with van der Waals surface area (Å²) < 4.78 is 62.9. The van der Waals surface area contributed by atoms with Gasteiger partial charge in [0.25, 0.3) is 20.2 Å². The lowest BCUT2D eigenvalue weighted by atomic mass is 10.1. The number of hydroxylamine groups is 2. The van der Waals surface area contributed by atoms with E-state index in [0.29, 0.717) is 6.07 Å². The molecular weight excluding hydrogens is 310 g/mol. The zero-order valence-electron chi connectivity index (χ0n) is 10.8. The molecule has 0 saturated carbocycles. The van der Waals surface area contributed by atoms with Gasteiger partial charge in [-0.2, -0.15) is 21.9 Å². The summed E-state index contributed by atoms with van der Waals surface area (Å²) in [6, 6.07) is 1.71. The van der Waals surface area contributed by atoms with Crippen molar-refractivity contribution in [3.8, 4) is 0 Å². The van der Waals surface area contributed by atoms with Crippen molar-refractivity contribution in [2.24, 2.45) is 0 Å². The molecule has 1 aromatic carbocycles. The maximum atomic E-state index is 11.3. The van der Waals surface area contributed by atoms with E-state index >= 15 is 0 Å². The molecule has 0 aromatic heterocycles. The van der Waals surface area contributed by atoms with Crippen LogP contribution in [0.3, 0.4) is 0 Å². The Balaban J connectivity index is 3.60. The molecule has 20 heavy (non-hydrogen) atoms. The van der Waals surface area contributed by atoms with Gasteiger partial charge >= 0.3 is 0 Å². The standard InChI is InChI=1S/C10H15NO7S2/c1-3-11(12)6-9-7(2)4-8(19(13,14)15)5-10(9)20(16,17)18/h4-5,12H,3,6H2,1-2H3,(H,13,14,15)(H,16,17,18). The van der Waals surface area contributed by atoms with Crippen LogP contribution >= 0.6 is 0 Å². The Morgan fingerprint density at radius 3 is 2.05 bits per heavy atom. The van der Waals surface area contributed by atoms with Crippen molar-refractivity contribution in [2.45, 2.75) is 30.2 Å². The van der Waals surface area contributed by atoms with E-state index in [-0.39, 0.29) is 24.2 Å². The summed E-state index contributed by atoms with van der Waals surface area (Å²) in [5, 5.41) is 10.2. The number of aryl methyl sites for hydroxylation is 1. The summed E-state index contributed by atoms with van der Waals surface area (Å²) in [5.74, 6) is 0. The first-order valence-corrected chi connectivity index (χ1v) is 8.37. The van der Waals surface area contributed by atoms with Gasteiger partial charge in [-0.1, -0.05) is 6.92 Å². The van der Waals surface area contributed by atoms with Gasteiger partial charge in [-0.15, -0.1) is 0 Å². The van der Waals surface area contributed by atoms with Crippen molar-refractivity contribution in [2.75, 3.05) is 6.54 Å². The Kier molecular flexibility index (Phi) is 4.90. The molecule has 1 rings (SSSR count). The minimum atomic E-state index is -4.71.